The topological polar surface area (TPSA) is 227 Å². The molecule has 0 radical (unpaired) electrons. The number of nitrogens with zero attached hydrogens (tertiary/aromatic N) is 1. The average molecular weight is 851 g/mol. The molecule has 4 amide bonds. The van der Waals surface area contributed by atoms with E-state index >= 15 is 0 Å². The Balaban J connectivity index is 0.000000236. The largest absolute Gasteiger partial charge is 0.573 e. The van der Waals surface area contributed by atoms with Crippen molar-refractivity contribution in [1.82, 2.24) is 20.9 Å². The van der Waals surface area contributed by atoms with Crippen LogP contribution in [0.15, 0.2) is 107 Å². The number of morpholine rings is 1. The Hall–Kier alpha value is -5.42. The number of nitrogens with one attached hydrogen (secondary N) is 3. The monoisotopic (exact) mass is 850 g/mol. The summed E-state index contributed by atoms with van der Waals surface area (Å²) in [4.78, 5) is 39.9. The highest BCUT2D eigenvalue weighted by Gasteiger charge is 2.59. The molecule has 0 aliphatic carbocycles. The molecule has 3 fully saturated rings. The molecule has 5 N–H and O–H groups in total. The zero-order valence-corrected chi connectivity index (χ0v) is 32.3. The standard InChI is InChI=1S/C23H21F3N4O6.2C7H8O3S/c24-23(25,26)36-17-7-5-16(6-8-17)35-15-3-1-14(2-4-15)22(18(31)28-20(33)29-19(22)32)30-9-10-34-21(13-30)11-27-12-21;2*1-6-2-4-7(5-3-6)11(8,9)10/h1-8,27H,9-13H2,(H2,28,29,31,32,33);2*2-5H,1H3,(H,8,9,10). The molecular formula is C37H37F3N4O12S2. The normalized spacial score (nSPS) is 17.6. The zero-order chi connectivity index (χ0) is 42.5. The van der Waals surface area contributed by atoms with E-state index in [1.54, 1.807) is 29.2 Å². The highest BCUT2D eigenvalue weighted by atomic mass is 32.2. The molecule has 4 aromatic rings. The number of alkyl halides is 3. The molecule has 0 saturated carbocycles. The third-order valence-electron chi connectivity index (χ3n) is 8.93. The molecule has 3 saturated heterocycles. The number of rotatable bonds is 7. The fourth-order valence-electron chi connectivity index (χ4n) is 6.03. The molecule has 0 unspecified atom stereocenters. The van der Waals surface area contributed by atoms with E-state index in [-0.39, 0.29) is 27.8 Å². The summed E-state index contributed by atoms with van der Waals surface area (Å²) in [5, 5.41) is 7.54. The number of carbonyl (C=O) groups is 3. The number of hydrogen-bond donors (Lipinski definition) is 5. The average Bonchev–Trinajstić information content (AvgIpc) is 3.12. The van der Waals surface area contributed by atoms with Crippen LogP contribution in [0.1, 0.15) is 16.7 Å². The summed E-state index contributed by atoms with van der Waals surface area (Å²) >= 11 is 0. The Bertz CT molecular complexity index is 2250. The van der Waals surface area contributed by atoms with Crippen molar-refractivity contribution in [2.24, 2.45) is 0 Å². The fraction of sp³-hybridized carbons (Fsp3) is 0.270. The third-order valence-corrected chi connectivity index (χ3v) is 10.7. The summed E-state index contributed by atoms with van der Waals surface area (Å²) in [5.74, 6) is -1.36. The number of hydrogen-bond acceptors (Lipinski definition) is 12. The molecule has 58 heavy (non-hydrogen) atoms. The van der Waals surface area contributed by atoms with Crippen LogP contribution >= 0.6 is 0 Å². The second-order valence-electron chi connectivity index (χ2n) is 13.2. The van der Waals surface area contributed by atoms with Gasteiger partial charge in [-0.05, 0) is 80.1 Å². The van der Waals surface area contributed by atoms with Crippen molar-refractivity contribution in [3.63, 3.8) is 0 Å². The minimum atomic E-state index is -4.80. The van der Waals surface area contributed by atoms with Gasteiger partial charge >= 0.3 is 12.4 Å². The molecule has 0 bridgehead atoms. The predicted molar refractivity (Wildman–Crippen MR) is 198 cm³/mol. The van der Waals surface area contributed by atoms with Gasteiger partial charge in [-0.25, -0.2) is 4.79 Å². The van der Waals surface area contributed by atoms with E-state index in [1.807, 2.05) is 13.8 Å². The number of aryl methyl sites for hydroxylation is 2. The minimum absolute atomic E-state index is 0.0666. The van der Waals surface area contributed by atoms with Crippen molar-refractivity contribution in [3.8, 4) is 17.2 Å². The number of barbiturate groups is 1. The van der Waals surface area contributed by atoms with Gasteiger partial charge in [0.25, 0.3) is 32.1 Å². The summed E-state index contributed by atoms with van der Waals surface area (Å²) in [6.07, 6.45) is -4.80. The Morgan fingerprint density at radius 3 is 1.52 bits per heavy atom. The third kappa shape index (κ3) is 10.7. The number of imide groups is 2. The number of benzene rings is 4. The van der Waals surface area contributed by atoms with Crippen molar-refractivity contribution < 1.29 is 67.7 Å². The van der Waals surface area contributed by atoms with Crippen molar-refractivity contribution in [3.05, 3.63) is 114 Å². The Kier molecular flexibility index (Phi) is 13.0. The van der Waals surface area contributed by atoms with Gasteiger partial charge in [0.2, 0.25) is 5.54 Å². The van der Waals surface area contributed by atoms with Crippen molar-refractivity contribution >= 4 is 38.1 Å². The first-order valence-electron chi connectivity index (χ1n) is 17.1. The van der Waals surface area contributed by atoms with Crippen LogP contribution in [0, 0.1) is 13.8 Å². The van der Waals surface area contributed by atoms with Crippen LogP contribution in [-0.4, -0.2) is 93.4 Å². The molecule has 0 aromatic heterocycles. The van der Waals surface area contributed by atoms with Crippen molar-refractivity contribution in [2.45, 2.75) is 41.1 Å². The molecule has 3 heterocycles. The summed E-state index contributed by atoms with van der Waals surface area (Å²) in [7, 11) is -8.04. The number of carbonyl (C=O) groups excluding carboxylic acids is 3. The van der Waals surface area contributed by atoms with Crippen LogP contribution in [-0.2, 0) is 40.1 Å². The highest BCUT2D eigenvalue weighted by Crippen LogP contribution is 2.37. The molecule has 4 aromatic carbocycles. The van der Waals surface area contributed by atoms with E-state index in [2.05, 4.69) is 20.7 Å². The van der Waals surface area contributed by atoms with E-state index < -0.39 is 55.6 Å². The highest BCUT2D eigenvalue weighted by molar-refractivity contribution is 7.86. The van der Waals surface area contributed by atoms with Gasteiger partial charge in [0.1, 0.15) is 22.8 Å². The van der Waals surface area contributed by atoms with Crippen LogP contribution in [0.5, 0.6) is 17.2 Å². The first-order valence-corrected chi connectivity index (χ1v) is 20.0. The van der Waals surface area contributed by atoms with E-state index in [4.69, 9.17) is 18.6 Å². The predicted octanol–water partition coefficient (Wildman–Crippen LogP) is 4.10. The summed E-state index contributed by atoms with van der Waals surface area (Å²) in [5.41, 5.74) is -0.112. The van der Waals surface area contributed by atoms with Gasteiger partial charge in [-0.3, -0.25) is 34.2 Å². The lowest BCUT2D eigenvalue weighted by atomic mass is 9.82. The van der Waals surface area contributed by atoms with E-state index in [1.165, 1.54) is 60.7 Å². The van der Waals surface area contributed by atoms with Gasteiger partial charge in [-0.2, -0.15) is 16.8 Å². The molecule has 21 heteroatoms. The van der Waals surface area contributed by atoms with E-state index in [0.717, 1.165) is 23.3 Å². The smallest absolute Gasteiger partial charge is 0.457 e. The van der Waals surface area contributed by atoms with Gasteiger partial charge in [0.05, 0.1) is 16.4 Å². The molecule has 16 nitrogen and oxygen atoms in total. The van der Waals surface area contributed by atoms with Gasteiger partial charge in [0.15, 0.2) is 0 Å². The second kappa shape index (κ2) is 17.2. The van der Waals surface area contributed by atoms with Crippen molar-refractivity contribution in [2.75, 3.05) is 32.8 Å². The molecule has 3 aliphatic rings. The Labute approximate surface area is 330 Å². The lowest BCUT2D eigenvalue weighted by Gasteiger charge is -2.53. The first-order chi connectivity index (χ1) is 27.1. The molecule has 0 atom stereocenters. The minimum Gasteiger partial charge on any atom is -0.457 e. The second-order valence-corrected chi connectivity index (χ2v) is 16.1. The Morgan fingerprint density at radius 2 is 1.12 bits per heavy atom. The maximum atomic E-state index is 13.2. The van der Waals surface area contributed by atoms with Gasteiger partial charge in [0, 0.05) is 26.2 Å². The van der Waals surface area contributed by atoms with E-state index in [9.17, 15) is 44.4 Å². The number of halogens is 3. The van der Waals surface area contributed by atoms with Gasteiger partial charge in [-0.1, -0.05) is 47.5 Å². The Morgan fingerprint density at radius 1 is 0.690 bits per heavy atom. The van der Waals surface area contributed by atoms with E-state index in [0.29, 0.717) is 37.6 Å². The van der Waals surface area contributed by atoms with Gasteiger partial charge in [-0.15, -0.1) is 13.2 Å². The molecule has 7 rings (SSSR count). The summed E-state index contributed by atoms with van der Waals surface area (Å²) in [6, 6.07) is 22.0. The lowest BCUT2D eigenvalue weighted by molar-refractivity contribution is -0.274. The summed E-state index contributed by atoms with van der Waals surface area (Å²) in [6.45, 7) is 5.69. The van der Waals surface area contributed by atoms with Crippen LogP contribution < -0.4 is 25.4 Å². The number of amides is 4. The van der Waals surface area contributed by atoms with Crippen LogP contribution in [0.3, 0.4) is 0 Å². The van der Waals surface area contributed by atoms with Crippen molar-refractivity contribution in [1.29, 1.82) is 0 Å². The quantitative estimate of drug-likeness (QED) is 0.130. The number of urea groups is 1. The molecular weight excluding hydrogens is 814 g/mol. The van der Waals surface area contributed by atoms with Crippen LogP contribution in [0.4, 0.5) is 18.0 Å². The van der Waals surface area contributed by atoms with Gasteiger partial charge < -0.3 is 19.5 Å². The van der Waals surface area contributed by atoms with Crippen LogP contribution in [0.2, 0.25) is 0 Å². The fourth-order valence-corrected chi connectivity index (χ4v) is 6.99. The SMILES string of the molecule is Cc1ccc(S(=O)(=O)O)cc1.Cc1ccc(S(=O)(=O)O)cc1.O=C1NC(=O)C(c2ccc(Oc3ccc(OC(F)(F)F)cc3)cc2)(N2CCOC3(CNC3)C2)C(=O)N1. The maximum absolute atomic E-state index is 13.2. The number of ether oxygens (including phenoxy) is 3. The molecule has 310 valence electrons. The van der Waals surface area contributed by atoms with Crippen LogP contribution in [0.25, 0.3) is 0 Å². The first kappa shape index (κ1) is 43.7. The summed E-state index contributed by atoms with van der Waals surface area (Å²) < 4.78 is 112. The molecule has 3 aliphatic heterocycles. The zero-order valence-electron chi connectivity index (χ0n) is 30.6. The molecule has 1 spiro atoms. The lowest BCUT2D eigenvalue weighted by Crippen LogP contribution is -2.77. The maximum Gasteiger partial charge on any atom is 0.573 e.